The van der Waals surface area contributed by atoms with Gasteiger partial charge in [0.1, 0.15) is 17.1 Å². The zero-order valence-electron chi connectivity index (χ0n) is 19.7. The van der Waals surface area contributed by atoms with Crippen LogP contribution in [0.3, 0.4) is 0 Å². The maximum absolute atomic E-state index is 13.2. The molecule has 0 saturated heterocycles. The zero-order chi connectivity index (χ0) is 24.7. The third kappa shape index (κ3) is 4.75. The number of nitrogens with one attached hydrogen (secondary N) is 1. The summed E-state index contributed by atoms with van der Waals surface area (Å²) >= 11 is 0. The fourth-order valence-corrected chi connectivity index (χ4v) is 5.16. The van der Waals surface area contributed by atoms with E-state index in [0.29, 0.717) is 5.75 Å². The van der Waals surface area contributed by atoms with Crippen LogP contribution in [-0.2, 0) is 21.9 Å². The molecule has 0 aliphatic heterocycles. The number of fused-ring (bicyclic) bond motifs is 1. The van der Waals surface area contributed by atoms with Crippen molar-refractivity contribution in [3.8, 4) is 11.6 Å². The molecule has 4 rings (SSSR count). The number of aromatic nitrogens is 2. The molecule has 1 amide bonds. The molecule has 1 aliphatic carbocycles. The first-order chi connectivity index (χ1) is 16.0. The summed E-state index contributed by atoms with van der Waals surface area (Å²) in [5.74, 6) is -0.204. The van der Waals surface area contributed by atoms with Crippen LogP contribution < -0.4 is 15.2 Å². The first-order valence-corrected chi connectivity index (χ1v) is 12.5. The number of carbonyl (C=O) groups is 1. The molecule has 0 radical (unpaired) electrons. The molecule has 3 N–H and O–H groups in total. The Morgan fingerprint density at radius 2 is 1.88 bits per heavy atom. The quantitative estimate of drug-likeness (QED) is 0.561. The fourth-order valence-electron chi connectivity index (χ4n) is 4.22. The van der Waals surface area contributed by atoms with E-state index in [9.17, 15) is 13.2 Å². The van der Waals surface area contributed by atoms with E-state index in [1.165, 1.54) is 18.2 Å². The molecule has 0 fully saturated rings. The predicted molar refractivity (Wildman–Crippen MR) is 129 cm³/mol. The number of hydrogen-bond donors (Lipinski definition) is 2. The molecular weight excluding hydrogens is 452 g/mol. The van der Waals surface area contributed by atoms with Gasteiger partial charge in [0.05, 0.1) is 5.69 Å². The van der Waals surface area contributed by atoms with Crippen molar-refractivity contribution in [2.45, 2.75) is 57.4 Å². The lowest BCUT2D eigenvalue weighted by atomic mass is 9.75. The number of anilines is 1. The van der Waals surface area contributed by atoms with Gasteiger partial charge in [0.15, 0.2) is 5.03 Å². The molecule has 178 valence electrons. The molecule has 8 nitrogen and oxygen atoms in total. The van der Waals surface area contributed by atoms with Crippen molar-refractivity contribution in [1.82, 2.24) is 14.7 Å². The minimum atomic E-state index is -4.25. The van der Waals surface area contributed by atoms with Gasteiger partial charge in [-0.1, -0.05) is 37.6 Å². The average molecular weight is 481 g/mol. The number of aryl methyl sites for hydroxylation is 3. The predicted octanol–water partition coefficient (Wildman–Crippen LogP) is 4.20. The van der Waals surface area contributed by atoms with Gasteiger partial charge < -0.3 is 10.5 Å². The van der Waals surface area contributed by atoms with Crippen molar-refractivity contribution >= 4 is 21.7 Å². The second kappa shape index (κ2) is 8.72. The van der Waals surface area contributed by atoms with Crippen molar-refractivity contribution in [3.05, 3.63) is 70.4 Å². The van der Waals surface area contributed by atoms with E-state index in [4.69, 9.17) is 15.5 Å². The second-order valence-electron chi connectivity index (χ2n) is 9.29. The SMILES string of the molecule is Cc1ccc(Oc2nc3c(cc2C(=O)NS(=O)(=O)c2cccc(N)n2)CCCC3(C)C)c(C)c1. The lowest BCUT2D eigenvalue weighted by Gasteiger charge is -2.32. The molecular formula is C25H28N4O4S. The largest absolute Gasteiger partial charge is 0.438 e. The highest BCUT2D eigenvalue weighted by Gasteiger charge is 2.33. The van der Waals surface area contributed by atoms with Crippen LogP contribution in [-0.4, -0.2) is 24.3 Å². The molecule has 2 heterocycles. The molecule has 0 saturated carbocycles. The zero-order valence-corrected chi connectivity index (χ0v) is 20.5. The summed E-state index contributed by atoms with van der Waals surface area (Å²) in [6.07, 6.45) is 2.65. The highest BCUT2D eigenvalue weighted by atomic mass is 32.2. The highest BCUT2D eigenvalue weighted by Crippen LogP contribution is 2.39. The summed E-state index contributed by atoms with van der Waals surface area (Å²) in [4.78, 5) is 21.8. The second-order valence-corrected chi connectivity index (χ2v) is 10.9. The minimum Gasteiger partial charge on any atom is -0.438 e. The van der Waals surface area contributed by atoms with E-state index in [0.717, 1.165) is 41.6 Å². The number of nitrogens with two attached hydrogens (primary N) is 1. The third-order valence-corrected chi connectivity index (χ3v) is 7.22. The molecule has 0 bridgehead atoms. The molecule has 3 aromatic rings. The standard InChI is InChI=1S/C25H28N4O4S/c1-15-10-11-19(16(2)13-15)33-24-18(14-17-7-6-12-25(3,4)22(17)28-24)23(30)29-34(31,32)21-9-5-8-20(26)27-21/h5,8-11,13-14H,6-7,12H2,1-4H3,(H2,26,27)(H,29,30). The molecule has 0 unspecified atom stereocenters. The number of amides is 1. The Morgan fingerprint density at radius 3 is 2.59 bits per heavy atom. The molecule has 2 aromatic heterocycles. The van der Waals surface area contributed by atoms with E-state index in [-0.39, 0.29) is 27.7 Å². The van der Waals surface area contributed by atoms with Gasteiger partial charge in [-0.25, -0.2) is 14.7 Å². The van der Waals surface area contributed by atoms with E-state index in [1.54, 1.807) is 6.07 Å². The van der Waals surface area contributed by atoms with Crippen LogP contribution in [0.25, 0.3) is 0 Å². The molecule has 34 heavy (non-hydrogen) atoms. The van der Waals surface area contributed by atoms with Crippen molar-refractivity contribution in [3.63, 3.8) is 0 Å². The van der Waals surface area contributed by atoms with Crippen LogP contribution in [0.4, 0.5) is 5.82 Å². The molecule has 0 atom stereocenters. The Labute approximate surface area is 199 Å². The number of rotatable bonds is 5. The van der Waals surface area contributed by atoms with Crippen LogP contribution in [0.15, 0.2) is 47.5 Å². The first-order valence-electron chi connectivity index (χ1n) is 11.1. The van der Waals surface area contributed by atoms with Crippen LogP contribution in [0.5, 0.6) is 11.6 Å². The number of hydrogen-bond acceptors (Lipinski definition) is 7. The fraction of sp³-hybridized carbons (Fsp3) is 0.320. The number of pyridine rings is 2. The van der Waals surface area contributed by atoms with Gasteiger partial charge in [-0.2, -0.15) is 8.42 Å². The normalized spacial score (nSPS) is 14.8. The van der Waals surface area contributed by atoms with Crippen molar-refractivity contribution < 1.29 is 17.9 Å². The van der Waals surface area contributed by atoms with Gasteiger partial charge in [0, 0.05) is 5.41 Å². The van der Waals surface area contributed by atoms with Gasteiger partial charge in [0.2, 0.25) is 5.88 Å². The summed E-state index contributed by atoms with van der Waals surface area (Å²) < 4.78 is 33.8. The molecule has 1 aliphatic rings. The monoisotopic (exact) mass is 480 g/mol. The first kappa shape index (κ1) is 23.7. The number of nitrogen functional groups attached to an aromatic ring is 1. The Morgan fingerprint density at radius 1 is 1.12 bits per heavy atom. The molecule has 0 spiro atoms. The van der Waals surface area contributed by atoms with Crippen molar-refractivity contribution in [1.29, 1.82) is 0 Å². The number of sulfonamides is 1. The van der Waals surface area contributed by atoms with Gasteiger partial charge >= 0.3 is 0 Å². The lowest BCUT2D eigenvalue weighted by molar-refractivity contribution is 0.0978. The maximum atomic E-state index is 13.2. The van der Waals surface area contributed by atoms with E-state index in [2.05, 4.69) is 23.6 Å². The Balaban J connectivity index is 1.78. The van der Waals surface area contributed by atoms with Gasteiger partial charge in [-0.05, 0) is 68.5 Å². The summed E-state index contributed by atoms with van der Waals surface area (Å²) in [7, 11) is -4.25. The smallest absolute Gasteiger partial charge is 0.281 e. The van der Waals surface area contributed by atoms with Crippen molar-refractivity contribution in [2.75, 3.05) is 5.73 Å². The number of carbonyl (C=O) groups excluding carboxylic acids is 1. The van der Waals surface area contributed by atoms with Gasteiger partial charge in [-0.15, -0.1) is 0 Å². The highest BCUT2D eigenvalue weighted by molar-refractivity contribution is 7.90. The van der Waals surface area contributed by atoms with E-state index >= 15 is 0 Å². The summed E-state index contributed by atoms with van der Waals surface area (Å²) in [5.41, 5.74) is 9.18. The lowest BCUT2D eigenvalue weighted by Crippen LogP contribution is -2.33. The van der Waals surface area contributed by atoms with Crippen LogP contribution in [0.1, 0.15) is 59.4 Å². The molecule has 1 aromatic carbocycles. The Kier molecular flexibility index (Phi) is 6.07. The maximum Gasteiger partial charge on any atom is 0.281 e. The van der Waals surface area contributed by atoms with Crippen LogP contribution in [0.2, 0.25) is 0 Å². The van der Waals surface area contributed by atoms with Crippen molar-refractivity contribution in [2.24, 2.45) is 0 Å². The topological polar surface area (TPSA) is 124 Å². The Hall–Kier alpha value is -3.46. The number of nitrogens with zero attached hydrogens (tertiary/aromatic N) is 2. The number of ether oxygens (including phenoxy) is 1. The van der Waals surface area contributed by atoms with Gasteiger partial charge in [-0.3, -0.25) is 4.79 Å². The number of benzene rings is 1. The summed E-state index contributed by atoms with van der Waals surface area (Å²) in [5, 5.41) is -0.343. The minimum absolute atomic E-state index is 0.0341. The van der Waals surface area contributed by atoms with E-state index in [1.807, 2.05) is 32.0 Å². The van der Waals surface area contributed by atoms with Crippen LogP contribution >= 0.6 is 0 Å². The third-order valence-electron chi connectivity index (χ3n) is 5.98. The van der Waals surface area contributed by atoms with Crippen LogP contribution in [0, 0.1) is 13.8 Å². The average Bonchev–Trinajstić information content (AvgIpc) is 2.75. The molecule has 9 heteroatoms. The Bertz CT molecular complexity index is 1380. The summed E-state index contributed by atoms with van der Waals surface area (Å²) in [6.45, 7) is 8.09. The summed E-state index contributed by atoms with van der Waals surface area (Å²) in [6, 6.07) is 11.6. The van der Waals surface area contributed by atoms with Gasteiger partial charge in [0.25, 0.3) is 15.9 Å². The van der Waals surface area contributed by atoms with E-state index < -0.39 is 15.9 Å².